The summed E-state index contributed by atoms with van der Waals surface area (Å²) in [5, 5.41) is 2.46. The van der Waals surface area contributed by atoms with E-state index >= 15 is 0 Å². The Morgan fingerprint density at radius 3 is 1.29 bits per heavy atom. The second-order valence-electron chi connectivity index (χ2n) is 24.5. The van der Waals surface area contributed by atoms with Crippen LogP contribution in [0.15, 0.2) is 255 Å². The number of rotatable bonds is 9. The van der Waals surface area contributed by atoms with Gasteiger partial charge in [-0.2, -0.15) is 0 Å². The number of anilines is 3. The maximum Gasteiger partial charge on any atom is 0.0713 e. The average Bonchev–Trinajstić information content (AvgIpc) is 3.91. The van der Waals surface area contributed by atoms with E-state index in [-0.39, 0.29) is 16.2 Å². The van der Waals surface area contributed by atoms with Crippen LogP contribution in [0.1, 0.15) is 101 Å². The molecule has 0 spiro atoms. The van der Waals surface area contributed by atoms with Gasteiger partial charge in [0.05, 0.1) is 22.5 Å². The highest BCUT2D eigenvalue weighted by Gasteiger charge is 2.47. The summed E-state index contributed by atoms with van der Waals surface area (Å²) in [6.07, 6.45) is 0. The molecule has 0 saturated heterocycles. The van der Waals surface area contributed by atoms with E-state index in [9.17, 15) is 0 Å². The summed E-state index contributed by atoms with van der Waals surface area (Å²) in [5.74, 6) is 0. The number of hydrogen-bond acceptors (Lipinski definition) is 1. The second-order valence-corrected chi connectivity index (χ2v) is 24.5. The predicted molar refractivity (Wildman–Crippen MR) is 334 cm³/mol. The third kappa shape index (κ3) is 8.67. The van der Waals surface area contributed by atoms with E-state index in [1.54, 1.807) is 0 Å². The van der Waals surface area contributed by atoms with E-state index in [0.29, 0.717) is 0 Å². The SMILES string of the molecule is CC(C)(C)c1cc(-c2cccc3cccc(-c4ccccc4N(c4ccc(C(C)(C)C)cc4-c4ccccc4)c4ccccc4-c4cccc5c4-c4ccccc4C5(c4ccccc4)c4ccccc4)c23)cc(C(C)(C)C)c1. The average molecular weight is 1010 g/mol. The lowest BCUT2D eigenvalue weighted by atomic mass is 9.67. The fourth-order valence-corrected chi connectivity index (χ4v) is 12.4. The van der Waals surface area contributed by atoms with Gasteiger partial charge in [0.1, 0.15) is 0 Å². The van der Waals surface area contributed by atoms with Gasteiger partial charge < -0.3 is 4.90 Å². The molecule has 0 unspecified atom stereocenters. The van der Waals surface area contributed by atoms with Crippen LogP contribution < -0.4 is 4.90 Å². The maximum atomic E-state index is 2.58. The lowest BCUT2D eigenvalue weighted by Crippen LogP contribution is -2.28. The van der Waals surface area contributed by atoms with Crippen molar-refractivity contribution in [1.82, 2.24) is 0 Å². The van der Waals surface area contributed by atoms with E-state index < -0.39 is 5.41 Å². The van der Waals surface area contributed by atoms with Gasteiger partial charge in [0.25, 0.3) is 0 Å². The molecule has 0 bridgehead atoms. The zero-order valence-corrected chi connectivity index (χ0v) is 46.7. The van der Waals surface area contributed by atoms with Gasteiger partial charge in [0.15, 0.2) is 0 Å². The van der Waals surface area contributed by atoms with Crippen molar-refractivity contribution in [3.05, 3.63) is 294 Å². The highest BCUT2D eigenvalue weighted by Crippen LogP contribution is 2.60. The number of nitrogens with zero attached hydrogens (tertiary/aromatic N) is 1. The van der Waals surface area contributed by atoms with Gasteiger partial charge in [0, 0.05) is 16.7 Å². The van der Waals surface area contributed by atoms with Gasteiger partial charge in [-0.15, -0.1) is 0 Å². The zero-order chi connectivity index (χ0) is 54.0. The van der Waals surface area contributed by atoms with Gasteiger partial charge in [-0.1, -0.05) is 293 Å². The van der Waals surface area contributed by atoms with E-state index in [0.717, 1.165) is 28.2 Å². The van der Waals surface area contributed by atoms with E-state index in [1.807, 2.05) is 0 Å². The molecule has 0 aromatic heterocycles. The summed E-state index contributed by atoms with van der Waals surface area (Å²) in [4.78, 5) is 2.58. The summed E-state index contributed by atoms with van der Waals surface area (Å²) < 4.78 is 0. The van der Waals surface area contributed by atoms with E-state index in [1.165, 1.54) is 94.2 Å². The van der Waals surface area contributed by atoms with Gasteiger partial charge in [-0.3, -0.25) is 0 Å². The molecule has 11 aromatic rings. The monoisotopic (exact) mass is 1010 g/mol. The standard InChI is InChI=1S/C77H69N/c1-74(2,3)57-46-47-71(66(51-57)52-28-13-10-14-29-52)78(69-44-23-20-36-61(69)63-40-26-31-53-30-25-39-60(72(53)63)54-48-58(75(4,5)6)50-59(49-54)76(7,8)9)70-45-24-21-37-62(70)64-41-27-43-68-73(64)65-38-19-22-42-67(65)77(68,55-32-15-11-16-33-55)56-34-17-12-18-35-56/h10-51H,1-9H3. The van der Waals surface area contributed by atoms with Crippen molar-refractivity contribution in [2.24, 2.45) is 0 Å². The predicted octanol–water partition coefficient (Wildman–Crippen LogP) is 21.2. The summed E-state index contributed by atoms with van der Waals surface area (Å²) in [6.45, 7) is 20.9. The lowest BCUT2D eigenvalue weighted by molar-refractivity contribution is 0.569. The van der Waals surface area contributed by atoms with Crippen LogP contribution in [-0.2, 0) is 21.7 Å². The Morgan fingerprint density at radius 1 is 0.282 bits per heavy atom. The highest BCUT2D eigenvalue weighted by molar-refractivity contribution is 6.10. The summed E-state index contributed by atoms with van der Waals surface area (Å²) in [6, 6.07) is 96.0. The summed E-state index contributed by atoms with van der Waals surface area (Å²) >= 11 is 0. The first-order valence-electron chi connectivity index (χ1n) is 27.8. The molecule has 0 radical (unpaired) electrons. The molecule has 0 saturated carbocycles. The Morgan fingerprint density at radius 2 is 0.718 bits per heavy atom. The summed E-state index contributed by atoms with van der Waals surface area (Å²) in [5.41, 5.74) is 23.7. The van der Waals surface area contributed by atoms with Crippen LogP contribution in [0, 0.1) is 0 Å². The Labute approximate surface area is 463 Å². The van der Waals surface area contributed by atoms with Crippen molar-refractivity contribution >= 4 is 27.8 Å². The molecule has 0 amide bonds. The smallest absolute Gasteiger partial charge is 0.0713 e. The quantitative estimate of drug-likeness (QED) is 0.139. The van der Waals surface area contributed by atoms with Crippen molar-refractivity contribution < 1.29 is 0 Å². The molecule has 12 rings (SSSR count). The third-order valence-electron chi connectivity index (χ3n) is 16.4. The fourth-order valence-electron chi connectivity index (χ4n) is 12.4. The summed E-state index contributed by atoms with van der Waals surface area (Å²) in [7, 11) is 0. The topological polar surface area (TPSA) is 3.24 Å². The Bertz CT molecular complexity index is 3930. The molecule has 0 fully saturated rings. The molecular formula is C77H69N. The first-order valence-corrected chi connectivity index (χ1v) is 27.8. The van der Waals surface area contributed by atoms with Gasteiger partial charge in [0.2, 0.25) is 0 Å². The normalized spacial score (nSPS) is 13.0. The van der Waals surface area contributed by atoms with Crippen molar-refractivity contribution in [2.75, 3.05) is 4.90 Å². The number of benzene rings is 11. The van der Waals surface area contributed by atoms with E-state index in [4.69, 9.17) is 0 Å². The second kappa shape index (κ2) is 19.5. The van der Waals surface area contributed by atoms with E-state index in [2.05, 4.69) is 322 Å². The maximum absolute atomic E-state index is 2.58. The molecule has 382 valence electrons. The molecule has 11 aromatic carbocycles. The van der Waals surface area contributed by atoms with Crippen molar-refractivity contribution in [3.8, 4) is 55.6 Å². The molecule has 0 N–H and O–H groups in total. The minimum absolute atomic E-state index is 0.0333. The molecule has 0 aliphatic heterocycles. The van der Waals surface area contributed by atoms with Crippen LogP contribution in [0.25, 0.3) is 66.4 Å². The molecular weight excluding hydrogens is 939 g/mol. The van der Waals surface area contributed by atoms with Crippen LogP contribution in [0.5, 0.6) is 0 Å². The Balaban J connectivity index is 1.17. The van der Waals surface area contributed by atoms with Crippen LogP contribution in [-0.4, -0.2) is 0 Å². The lowest BCUT2D eigenvalue weighted by Gasteiger charge is -2.34. The largest absolute Gasteiger partial charge is 0.309 e. The fraction of sp³-hybridized carbons (Fsp3) is 0.169. The molecule has 1 aliphatic carbocycles. The number of fused-ring (bicyclic) bond motifs is 4. The van der Waals surface area contributed by atoms with Gasteiger partial charge in [-0.25, -0.2) is 0 Å². The highest BCUT2D eigenvalue weighted by atomic mass is 15.1. The Hall–Kier alpha value is -8.52. The van der Waals surface area contributed by atoms with Crippen molar-refractivity contribution in [2.45, 2.75) is 84.0 Å². The first-order chi connectivity index (χ1) is 37.6. The van der Waals surface area contributed by atoms with Crippen LogP contribution in [0.2, 0.25) is 0 Å². The Kier molecular flexibility index (Phi) is 12.6. The van der Waals surface area contributed by atoms with Crippen LogP contribution in [0.4, 0.5) is 17.1 Å². The zero-order valence-electron chi connectivity index (χ0n) is 46.7. The molecule has 1 aliphatic rings. The third-order valence-corrected chi connectivity index (χ3v) is 16.4. The molecule has 1 nitrogen and oxygen atoms in total. The molecule has 0 heterocycles. The number of para-hydroxylation sites is 2. The van der Waals surface area contributed by atoms with Gasteiger partial charge in [-0.05, 0) is 129 Å². The minimum atomic E-state index is -0.541. The first kappa shape index (κ1) is 50.3. The molecule has 1 heteroatoms. The van der Waals surface area contributed by atoms with Crippen LogP contribution in [0.3, 0.4) is 0 Å². The van der Waals surface area contributed by atoms with Gasteiger partial charge >= 0.3 is 0 Å². The minimum Gasteiger partial charge on any atom is -0.309 e. The van der Waals surface area contributed by atoms with Crippen molar-refractivity contribution in [1.29, 1.82) is 0 Å². The van der Waals surface area contributed by atoms with Crippen molar-refractivity contribution in [3.63, 3.8) is 0 Å². The van der Waals surface area contributed by atoms with Crippen LogP contribution >= 0.6 is 0 Å². The number of hydrogen-bond donors (Lipinski definition) is 0. The molecule has 78 heavy (non-hydrogen) atoms. The molecule has 0 atom stereocenters.